The van der Waals surface area contributed by atoms with Gasteiger partial charge in [0.15, 0.2) is 22.8 Å². The van der Waals surface area contributed by atoms with E-state index in [1.165, 1.54) is 28.9 Å². The number of fused-ring (bicyclic) bond motifs is 3. The van der Waals surface area contributed by atoms with Gasteiger partial charge in [-0.15, -0.1) is 5.10 Å². The molecule has 0 aliphatic carbocycles. The zero-order valence-corrected chi connectivity index (χ0v) is 15.8. The van der Waals surface area contributed by atoms with E-state index in [9.17, 15) is 14.9 Å². The Balaban J connectivity index is 1.79. The number of nitrogens with one attached hydrogen (secondary N) is 1. The van der Waals surface area contributed by atoms with E-state index in [0.29, 0.717) is 27.2 Å². The Labute approximate surface area is 167 Å². The number of thioether (sulfide) groups is 1. The molecule has 3 aliphatic rings. The summed E-state index contributed by atoms with van der Waals surface area (Å²) in [5, 5.41) is 21.9. The number of rotatable bonds is 2. The molecule has 5 rings (SSSR count). The van der Waals surface area contributed by atoms with E-state index in [-0.39, 0.29) is 29.6 Å². The van der Waals surface area contributed by atoms with Gasteiger partial charge in [-0.25, -0.2) is 5.01 Å². The topological polar surface area (TPSA) is 119 Å². The van der Waals surface area contributed by atoms with Gasteiger partial charge in [-0.2, -0.15) is 0 Å². The summed E-state index contributed by atoms with van der Waals surface area (Å²) in [4.78, 5) is 28.8. The normalized spacial score (nSPS) is 19.0. The third-order valence-corrected chi connectivity index (χ3v) is 5.28. The van der Waals surface area contributed by atoms with E-state index in [0.717, 1.165) is 0 Å². The highest BCUT2D eigenvalue weighted by atomic mass is 32.2. The first-order valence-electron chi connectivity index (χ1n) is 8.55. The number of nitro groups is 1. The molecule has 0 spiro atoms. The molecule has 1 amide bonds. The highest BCUT2D eigenvalue weighted by molar-refractivity contribution is 8.13. The molecule has 1 atom stereocenters. The molecule has 10 nitrogen and oxygen atoms in total. The second-order valence-corrected chi connectivity index (χ2v) is 7.09. The molecule has 0 bridgehead atoms. The van der Waals surface area contributed by atoms with Gasteiger partial charge >= 0.3 is 0 Å². The van der Waals surface area contributed by atoms with Crippen molar-refractivity contribution >= 4 is 34.2 Å². The summed E-state index contributed by atoms with van der Waals surface area (Å²) in [5.41, 5.74) is 0.351. The Hall–Kier alpha value is -3.60. The fourth-order valence-electron chi connectivity index (χ4n) is 3.43. The van der Waals surface area contributed by atoms with Crippen LogP contribution in [0.25, 0.3) is 5.70 Å². The van der Waals surface area contributed by atoms with Crippen molar-refractivity contribution in [3.63, 3.8) is 0 Å². The molecule has 29 heavy (non-hydrogen) atoms. The average molecular weight is 411 g/mol. The lowest BCUT2D eigenvalue weighted by Crippen LogP contribution is -2.50. The summed E-state index contributed by atoms with van der Waals surface area (Å²) < 4.78 is 10.7. The number of para-hydroxylation sites is 1. The number of hydrazone groups is 1. The van der Waals surface area contributed by atoms with Crippen LogP contribution in [0, 0.1) is 10.1 Å². The molecular weight excluding hydrogens is 398 g/mol. The maximum atomic E-state index is 12.8. The van der Waals surface area contributed by atoms with Crippen LogP contribution in [-0.4, -0.2) is 34.1 Å². The van der Waals surface area contributed by atoms with Gasteiger partial charge in [-0.05, 0) is 18.4 Å². The largest absolute Gasteiger partial charge is 0.454 e. The first-order valence-corrected chi connectivity index (χ1v) is 9.77. The van der Waals surface area contributed by atoms with Gasteiger partial charge < -0.3 is 9.47 Å². The fourth-order valence-corrected chi connectivity index (χ4v) is 3.80. The Kier molecular flexibility index (Phi) is 3.91. The molecule has 0 radical (unpaired) electrons. The van der Waals surface area contributed by atoms with Crippen LogP contribution in [0.5, 0.6) is 11.5 Å². The number of amides is 1. The van der Waals surface area contributed by atoms with E-state index in [1.54, 1.807) is 30.5 Å². The van der Waals surface area contributed by atoms with E-state index >= 15 is 0 Å². The maximum Gasteiger partial charge on any atom is 0.280 e. The predicted octanol–water partition coefficient (Wildman–Crippen LogP) is 0.829. The van der Waals surface area contributed by atoms with Crippen LogP contribution in [0.15, 0.2) is 46.5 Å². The zero-order chi connectivity index (χ0) is 20.1. The molecule has 1 N–H and O–H groups in total. The molecule has 2 aromatic rings. The predicted molar refractivity (Wildman–Crippen MR) is 104 cm³/mol. The van der Waals surface area contributed by atoms with Crippen molar-refractivity contribution in [2.24, 2.45) is 10.1 Å². The highest BCUT2D eigenvalue weighted by Gasteiger charge is 2.38. The Morgan fingerprint density at radius 3 is 2.79 bits per heavy atom. The third-order valence-electron chi connectivity index (χ3n) is 4.71. The molecule has 146 valence electrons. The lowest BCUT2D eigenvalue weighted by atomic mass is 10.1. The molecule has 0 unspecified atom stereocenters. The van der Waals surface area contributed by atoms with Gasteiger partial charge in [-0.1, -0.05) is 30.0 Å². The average Bonchev–Trinajstić information content (AvgIpc) is 3.19. The van der Waals surface area contributed by atoms with Crippen molar-refractivity contribution in [1.82, 2.24) is 10.3 Å². The van der Waals surface area contributed by atoms with Crippen molar-refractivity contribution in [3.05, 3.63) is 62.7 Å². The quantitative estimate of drug-likeness (QED) is 0.574. The van der Waals surface area contributed by atoms with E-state index in [2.05, 4.69) is 15.4 Å². The maximum absolute atomic E-state index is 12.8. The van der Waals surface area contributed by atoms with Crippen LogP contribution in [-0.2, 0) is 4.79 Å². The standard InChI is InChI=1S/C18H13N5O5S/c1-29-18-20-17(24)15-9-4-2-3-5-11(9)19-16(22(15)21-18)10-6-13-14(28-8-27-13)7-12(10)23(25)26/h2-7,16H,8H2,1H3,(H,20,21,24)/t16-/m1/s1. The molecule has 0 saturated carbocycles. The number of ether oxygens (including phenoxy) is 2. The van der Waals surface area contributed by atoms with E-state index < -0.39 is 11.1 Å². The second kappa shape index (κ2) is 6.48. The fraction of sp³-hybridized carbons (Fsp3) is 0.167. The van der Waals surface area contributed by atoms with Crippen LogP contribution in [0.1, 0.15) is 11.7 Å². The van der Waals surface area contributed by atoms with E-state index in [1.807, 2.05) is 0 Å². The van der Waals surface area contributed by atoms with Crippen LogP contribution in [0.2, 0.25) is 0 Å². The SMILES string of the molecule is CSC1=NN2C(=c3ccccc3=N[C@H]2c2cc3c(cc2[N+](=O)[O-])OCO3)C(=O)N1. The van der Waals surface area contributed by atoms with Crippen molar-refractivity contribution in [2.45, 2.75) is 6.17 Å². The van der Waals surface area contributed by atoms with Crippen LogP contribution < -0.4 is 25.4 Å². The minimum absolute atomic E-state index is 0.0150. The molecule has 0 aromatic heterocycles. The number of hydrogen-bond donors (Lipinski definition) is 1. The first kappa shape index (κ1) is 17.5. The van der Waals surface area contributed by atoms with Gasteiger partial charge in [-0.3, -0.25) is 25.2 Å². The molecule has 0 fully saturated rings. The van der Waals surface area contributed by atoms with Gasteiger partial charge in [0.25, 0.3) is 11.6 Å². The second-order valence-electron chi connectivity index (χ2n) is 6.30. The Morgan fingerprint density at radius 1 is 1.28 bits per heavy atom. The van der Waals surface area contributed by atoms with Gasteiger partial charge in [0.05, 0.1) is 21.9 Å². The van der Waals surface area contributed by atoms with Gasteiger partial charge in [0.2, 0.25) is 6.79 Å². The number of carbonyl (C=O) groups is 1. The molecule has 11 heteroatoms. The highest BCUT2D eigenvalue weighted by Crippen LogP contribution is 2.43. The first-order chi connectivity index (χ1) is 14.1. The van der Waals surface area contributed by atoms with Crippen LogP contribution in [0.3, 0.4) is 0 Å². The number of amidine groups is 1. The van der Waals surface area contributed by atoms with Crippen molar-refractivity contribution in [3.8, 4) is 11.5 Å². The summed E-state index contributed by atoms with van der Waals surface area (Å²) in [6, 6.07) is 9.96. The van der Waals surface area contributed by atoms with Gasteiger partial charge in [0.1, 0.15) is 5.70 Å². The van der Waals surface area contributed by atoms with Crippen LogP contribution >= 0.6 is 11.8 Å². The van der Waals surface area contributed by atoms with Crippen molar-refractivity contribution < 1.29 is 19.2 Å². The Bertz CT molecular complexity index is 1230. The third kappa shape index (κ3) is 2.70. The summed E-state index contributed by atoms with van der Waals surface area (Å²) in [7, 11) is 0. The van der Waals surface area contributed by atoms with E-state index in [4.69, 9.17) is 9.47 Å². The number of nitro benzene ring substituents is 1. The molecule has 3 heterocycles. The lowest BCUT2D eigenvalue weighted by Gasteiger charge is -2.33. The minimum atomic E-state index is -0.914. The summed E-state index contributed by atoms with van der Waals surface area (Å²) in [5.74, 6) is 0.336. The lowest BCUT2D eigenvalue weighted by molar-refractivity contribution is -0.386. The monoisotopic (exact) mass is 411 g/mol. The number of nitrogens with zero attached hydrogens (tertiary/aromatic N) is 4. The number of hydrogen-bond acceptors (Lipinski definition) is 9. The minimum Gasteiger partial charge on any atom is -0.454 e. The number of benzene rings is 2. The summed E-state index contributed by atoms with van der Waals surface area (Å²) in [6.07, 6.45) is 0.861. The smallest absolute Gasteiger partial charge is 0.280 e. The Morgan fingerprint density at radius 2 is 2.03 bits per heavy atom. The molecule has 2 aromatic carbocycles. The molecule has 3 aliphatic heterocycles. The summed E-state index contributed by atoms with van der Waals surface area (Å²) in [6.45, 7) is -0.0150. The zero-order valence-electron chi connectivity index (χ0n) is 15.0. The number of carbonyl (C=O) groups excluding carboxylic acids is 1. The van der Waals surface area contributed by atoms with Crippen molar-refractivity contribution in [2.75, 3.05) is 13.0 Å². The van der Waals surface area contributed by atoms with Gasteiger partial charge in [0, 0.05) is 5.22 Å². The van der Waals surface area contributed by atoms with Crippen LogP contribution in [0.4, 0.5) is 5.69 Å². The van der Waals surface area contributed by atoms with Crippen molar-refractivity contribution in [1.29, 1.82) is 0 Å². The molecule has 0 saturated heterocycles. The summed E-state index contributed by atoms with van der Waals surface area (Å²) >= 11 is 1.26. The molecular formula is C18H13N5O5S.